The number of aliphatic hydroxyl groups is 1. The van der Waals surface area contributed by atoms with Gasteiger partial charge in [0.1, 0.15) is 11.2 Å². The van der Waals surface area contributed by atoms with Crippen LogP contribution in [0, 0.1) is 11.8 Å². The fourth-order valence-corrected chi connectivity index (χ4v) is 10.5. The van der Waals surface area contributed by atoms with Gasteiger partial charge in [0.15, 0.2) is 0 Å². The first-order valence-electron chi connectivity index (χ1n) is 24.6. The highest BCUT2D eigenvalue weighted by Crippen LogP contribution is 2.47. The van der Waals surface area contributed by atoms with Gasteiger partial charge in [0.05, 0.1) is 18.0 Å². The van der Waals surface area contributed by atoms with Crippen molar-refractivity contribution >= 4 is 64.7 Å². The van der Waals surface area contributed by atoms with E-state index in [0.717, 1.165) is 71.3 Å². The summed E-state index contributed by atoms with van der Waals surface area (Å²) >= 11 is 12.9. The normalized spacial score (nSPS) is 18.3. The monoisotopic (exact) mass is 978 g/mol. The van der Waals surface area contributed by atoms with E-state index < -0.39 is 11.2 Å². The van der Waals surface area contributed by atoms with Crippen molar-refractivity contribution in [3.05, 3.63) is 128 Å². The molecule has 0 bridgehead atoms. The molecule has 13 heteroatoms. The highest BCUT2D eigenvalue weighted by atomic mass is 35.5. The van der Waals surface area contributed by atoms with Gasteiger partial charge in [-0.25, -0.2) is 9.59 Å². The molecule has 2 aliphatic carbocycles. The molecule has 2 aliphatic heterocycles. The first kappa shape index (κ1) is 51.6. The lowest BCUT2D eigenvalue weighted by Gasteiger charge is -2.37. The number of rotatable bonds is 9. The molecule has 0 saturated carbocycles. The number of carbonyl (C=O) groups is 3. The third-order valence-electron chi connectivity index (χ3n) is 13.2. The van der Waals surface area contributed by atoms with Gasteiger partial charge in [-0.05, 0) is 198 Å². The van der Waals surface area contributed by atoms with E-state index in [-0.39, 0.29) is 36.6 Å². The lowest BCUT2D eigenvalue weighted by atomic mass is 9.76. The van der Waals surface area contributed by atoms with E-state index in [0.29, 0.717) is 73.9 Å². The molecule has 4 aliphatic rings. The fourth-order valence-electron chi connectivity index (χ4n) is 10.2. The zero-order valence-corrected chi connectivity index (χ0v) is 42.7. The number of piperidine rings is 2. The molecular formula is C56H68Cl2N4O7. The van der Waals surface area contributed by atoms with Crippen molar-refractivity contribution < 1.29 is 33.7 Å². The van der Waals surface area contributed by atoms with Gasteiger partial charge >= 0.3 is 18.2 Å². The fraction of sp³-hybridized carbons (Fsp3) is 0.482. The maximum absolute atomic E-state index is 12.6. The van der Waals surface area contributed by atoms with Crippen LogP contribution in [-0.4, -0.2) is 93.6 Å². The Morgan fingerprint density at radius 1 is 0.667 bits per heavy atom. The Kier molecular flexibility index (Phi) is 17.0. The van der Waals surface area contributed by atoms with E-state index in [2.05, 4.69) is 42.5 Å². The van der Waals surface area contributed by atoms with Crippen LogP contribution in [0.2, 0.25) is 10.0 Å². The molecule has 2 aromatic carbocycles. The van der Waals surface area contributed by atoms with Gasteiger partial charge in [0, 0.05) is 73.5 Å². The van der Waals surface area contributed by atoms with Gasteiger partial charge in [0.25, 0.3) is 0 Å². The Bertz CT molecular complexity index is 2530. The molecule has 2 unspecified atom stereocenters. The molecule has 2 fully saturated rings. The number of allylic oxidation sites excluding steroid dienone is 2. The second-order valence-electron chi connectivity index (χ2n) is 20.5. The number of carbonyl (C=O) groups excluding carboxylic acids is 3. The summed E-state index contributed by atoms with van der Waals surface area (Å²) in [6.07, 6.45) is 13.4. The Morgan fingerprint density at radius 3 is 1.51 bits per heavy atom. The number of hydrogen-bond acceptors (Lipinski definition) is 9. The Morgan fingerprint density at radius 2 is 1.10 bits per heavy atom. The molecule has 2 amide bonds. The number of pyridine rings is 2. The van der Waals surface area contributed by atoms with E-state index in [1.54, 1.807) is 0 Å². The third-order valence-corrected chi connectivity index (χ3v) is 13.7. The van der Waals surface area contributed by atoms with Crippen molar-refractivity contribution in [2.24, 2.45) is 11.8 Å². The first-order chi connectivity index (χ1) is 32.9. The second-order valence-corrected chi connectivity index (χ2v) is 21.3. The molecule has 2 atom stereocenters. The highest BCUT2D eigenvalue weighted by molar-refractivity contribution is 6.31. The van der Waals surface area contributed by atoms with Crippen LogP contribution in [-0.2, 0) is 19.0 Å². The van der Waals surface area contributed by atoms with E-state index >= 15 is 0 Å². The molecule has 8 rings (SSSR count). The minimum absolute atomic E-state index is 0.0607. The lowest BCUT2D eigenvalue weighted by Crippen LogP contribution is -2.42. The molecule has 4 aromatic rings. The smallest absolute Gasteiger partial charge is 0.410 e. The summed E-state index contributed by atoms with van der Waals surface area (Å²) < 4.78 is 16.4. The Balaban J connectivity index is 0.000000205. The third kappa shape index (κ3) is 13.2. The predicted molar refractivity (Wildman–Crippen MR) is 274 cm³/mol. The summed E-state index contributed by atoms with van der Waals surface area (Å²) in [5.41, 5.74) is 10.1. The number of benzene rings is 2. The van der Waals surface area contributed by atoms with Crippen LogP contribution in [0.4, 0.5) is 9.59 Å². The molecule has 368 valence electrons. The molecule has 0 spiro atoms. The standard InChI is InChI=1S/C29H35ClN2O4.C27H33ClN2O3/c1-5-35-25(33)11-8-20-17-21-7-6-14-31-27(21)26(23-10-9-22(30)18-24(20)23)19-12-15-32(16-13-19)28(34)36-29(2,3)4;1-27(2,3)33-26(32)30-13-10-18(11-14-30)24-22-9-8-21(28)17-23(22)19(7-5-15-31)16-20-6-4-12-29-25(20)24/h6-7,9-10,14,17-19,26H,5,8,11-13,15-16H2,1-4H3;4,6,8-9,12,16-18,24,31H,5,7,10-11,13-15H2,1-3H3. The number of ether oxygens (including phenoxy) is 3. The highest BCUT2D eigenvalue weighted by Gasteiger charge is 2.38. The topological polar surface area (TPSA) is 131 Å². The van der Waals surface area contributed by atoms with Crippen molar-refractivity contribution in [2.45, 2.75) is 123 Å². The number of likely N-dealkylation sites (tertiary alicyclic amines) is 2. The van der Waals surface area contributed by atoms with Crippen LogP contribution >= 0.6 is 23.2 Å². The molecule has 11 nitrogen and oxygen atoms in total. The van der Waals surface area contributed by atoms with E-state index in [9.17, 15) is 19.5 Å². The largest absolute Gasteiger partial charge is 0.466 e. The van der Waals surface area contributed by atoms with Gasteiger partial charge in [0.2, 0.25) is 0 Å². The zero-order valence-electron chi connectivity index (χ0n) is 41.2. The summed E-state index contributed by atoms with van der Waals surface area (Å²) in [5, 5.41) is 10.8. The van der Waals surface area contributed by atoms with Crippen molar-refractivity contribution in [3.63, 3.8) is 0 Å². The van der Waals surface area contributed by atoms with E-state index in [4.69, 9.17) is 47.4 Å². The number of esters is 1. The van der Waals surface area contributed by atoms with E-state index in [1.807, 2.05) is 101 Å². The summed E-state index contributed by atoms with van der Waals surface area (Å²) in [5.74, 6) is 0.629. The van der Waals surface area contributed by atoms with Gasteiger partial charge in [-0.3, -0.25) is 14.8 Å². The molecule has 2 saturated heterocycles. The SMILES string of the molecule is CC(C)(C)OC(=O)N1CCC(C2c3ccc(Cl)cc3C(CCCO)=Cc3cccnc32)CC1.CCOC(=O)CCC1=Cc2cccnc2C(C2CCN(C(=O)OC(C)(C)C)CC2)c2ccc(Cl)cc21. The molecule has 2 aromatic heterocycles. The molecular weight excluding hydrogens is 912 g/mol. The Hall–Kier alpha value is -5.23. The Labute approximate surface area is 418 Å². The maximum Gasteiger partial charge on any atom is 0.410 e. The number of fused-ring (bicyclic) bond motifs is 4. The van der Waals surface area contributed by atoms with Crippen LogP contribution in [0.1, 0.15) is 156 Å². The summed E-state index contributed by atoms with van der Waals surface area (Å²) in [7, 11) is 0. The molecule has 4 heterocycles. The average Bonchev–Trinajstić information content (AvgIpc) is 3.53. The van der Waals surface area contributed by atoms with Crippen LogP contribution in [0.15, 0.2) is 73.1 Å². The maximum atomic E-state index is 12.6. The van der Waals surface area contributed by atoms with Crippen LogP contribution < -0.4 is 0 Å². The van der Waals surface area contributed by atoms with Crippen molar-refractivity contribution in [2.75, 3.05) is 39.4 Å². The molecule has 69 heavy (non-hydrogen) atoms. The number of amides is 2. The van der Waals surface area contributed by atoms with Gasteiger partial charge in [-0.1, -0.05) is 47.5 Å². The number of aliphatic hydroxyl groups excluding tert-OH is 1. The van der Waals surface area contributed by atoms with Crippen molar-refractivity contribution in [1.82, 2.24) is 19.8 Å². The average molecular weight is 980 g/mol. The number of nitrogens with zero attached hydrogens (tertiary/aromatic N) is 4. The minimum Gasteiger partial charge on any atom is -0.466 e. The summed E-state index contributed by atoms with van der Waals surface area (Å²) in [6, 6.07) is 20.3. The number of halogens is 2. The predicted octanol–water partition coefficient (Wildman–Crippen LogP) is 12.9. The summed E-state index contributed by atoms with van der Waals surface area (Å²) in [6.45, 7) is 16.3. The molecule has 1 N–H and O–H groups in total. The van der Waals surface area contributed by atoms with Gasteiger partial charge < -0.3 is 29.1 Å². The van der Waals surface area contributed by atoms with Crippen LogP contribution in [0.25, 0.3) is 23.3 Å². The van der Waals surface area contributed by atoms with Crippen LogP contribution in [0.3, 0.4) is 0 Å². The quantitative estimate of drug-likeness (QED) is 0.129. The first-order valence-corrected chi connectivity index (χ1v) is 25.3. The number of aromatic nitrogens is 2. The van der Waals surface area contributed by atoms with Crippen LogP contribution in [0.5, 0.6) is 0 Å². The van der Waals surface area contributed by atoms with Crippen molar-refractivity contribution in [3.8, 4) is 0 Å². The van der Waals surface area contributed by atoms with Gasteiger partial charge in [-0.2, -0.15) is 0 Å². The minimum atomic E-state index is -0.512. The second kappa shape index (κ2) is 22.7. The van der Waals surface area contributed by atoms with E-state index in [1.165, 1.54) is 16.7 Å². The summed E-state index contributed by atoms with van der Waals surface area (Å²) in [4.78, 5) is 50.7. The zero-order chi connectivity index (χ0) is 49.5. The van der Waals surface area contributed by atoms with Crippen molar-refractivity contribution in [1.29, 1.82) is 0 Å². The lowest BCUT2D eigenvalue weighted by molar-refractivity contribution is -0.142. The molecule has 0 radical (unpaired) electrons. The van der Waals surface area contributed by atoms with Gasteiger partial charge in [-0.15, -0.1) is 0 Å². The number of hydrogen-bond donors (Lipinski definition) is 1.